The third-order valence-corrected chi connectivity index (χ3v) is 2.28. The smallest absolute Gasteiger partial charge is 0.128 e. The van der Waals surface area contributed by atoms with Crippen LogP contribution in [-0.2, 0) is 0 Å². The van der Waals surface area contributed by atoms with Gasteiger partial charge < -0.3 is 4.90 Å². The number of rotatable bonds is 5. The quantitative estimate of drug-likeness (QED) is 0.761. The summed E-state index contributed by atoms with van der Waals surface area (Å²) in [6, 6.07) is 8.19. The molecule has 3 nitrogen and oxygen atoms in total. The van der Waals surface area contributed by atoms with Gasteiger partial charge in [-0.1, -0.05) is 19.9 Å². The van der Waals surface area contributed by atoms with Crippen molar-refractivity contribution in [1.82, 2.24) is 4.98 Å². The SMILES string of the molecule is Cc1cccc(N(CCC#N)CC(C)C)n1. The number of nitriles is 1. The van der Waals surface area contributed by atoms with Crippen LogP contribution in [0.3, 0.4) is 0 Å². The van der Waals surface area contributed by atoms with Crippen molar-refractivity contribution in [3.05, 3.63) is 23.9 Å². The molecule has 0 unspecified atom stereocenters. The second-order valence-electron chi connectivity index (χ2n) is 4.39. The van der Waals surface area contributed by atoms with E-state index in [0.29, 0.717) is 12.3 Å². The number of hydrogen-bond acceptors (Lipinski definition) is 3. The predicted octanol–water partition coefficient (Wildman–Crippen LogP) is 2.77. The van der Waals surface area contributed by atoms with Crippen molar-refractivity contribution in [3.8, 4) is 6.07 Å². The average molecular weight is 217 g/mol. The number of anilines is 1. The number of hydrogen-bond donors (Lipinski definition) is 0. The molecule has 86 valence electrons. The first-order valence-electron chi connectivity index (χ1n) is 5.69. The predicted molar refractivity (Wildman–Crippen MR) is 66.3 cm³/mol. The Bertz CT molecular complexity index is 366. The van der Waals surface area contributed by atoms with E-state index >= 15 is 0 Å². The summed E-state index contributed by atoms with van der Waals surface area (Å²) in [5, 5.41) is 8.65. The first-order valence-corrected chi connectivity index (χ1v) is 5.69. The summed E-state index contributed by atoms with van der Waals surface area (Å²) >= 11 is 0. The summed E-state index contributed by atoms with van der Waals surface area (Å²) in [5.41, 5.74) is 1.02. The highest BCUT2D eigenvalue weighted by Crippen LogP contribution is 2.13. The summed E-state index contributed by atoms with van der Waals surface area (Å²) in [5.74, 6) is 1.55. The van der Waals surface area contributed by atoms with Gasteiger partial charge in [-0.25, -0.2) is 4.98 Å². The monoisotopic (exact) mass is 217 g/mol. The zero-order valence-electron chi connectivity index (χ0n) is 10.3. The minimum atomic E-state index is 0.544. The molecule has 1 rings (SSSR count). The van der Waals surface area contributed by atoms with E-state index in [1.54, 1.807) is 0 Å². The van der Waals surface area contributed by atoms with E-state index in [-0.39, 0.29) is 0 Å². The lowest BCUT2D eigenvalue weighted by Crippen LogP contribution is -2.29. The molecule has 0 saturated carbocycles. The molecule has 0 saturated heterocycles. The molecular formula is C13H19N3. The van der Waals surface area contributed by atoms with E-state index in [4.69, 9.17) is 5.26 Å². The van der Waals surface area contributed by atoms with Crippen molar-refractivity contribution in [2.75, 3.05) is 18.0 Å². The molecule has 0 spiro atoms. The summed E-state index contributed by atoms with van der Waals surface area (Å²) in [6.07, 6.45) is 0.544. The lowest BCUT2D eigenvalue weighted by Gasteiger charge is -2.24. The lowest BCUT2D eigenvalue weighted by molar-refractivity contribution is 0.607. The van der Waals surface area contributed by atoms with E-state index in [0.717, 1.165) is 24.6 Å². The third kappa shape index (κ3) is 3.90. The highest BCUT2D eigenvalue weighted by molar-refractivity contribution is 5.39. The minimum Gasteiger partial charge on any atom is -0.355 e. The molecule has 0 aliphatic rings. The molecule has 0 radical (unpaired) electrons. The van der Waals surface area contributed by atoms with E-state index < -0.39 is 0 Å². The highest BCUT2D eigenvalue weighted by Gasteiger charge is 2.09. The van der Waals surface area contributed by atoms with Gasteiger partial charge in [0.1, 0.15) is 5.82 Å². The lowest BCUT2D eigenvalue weighted by atomic mass is 10.2. The molecule has 0 aromatic carbocycles. The average Bonchev–Trinajstić information content (AvgIpc) is 2.23. The van der Waals surface area contributed by atoms with Crippen LogP contribution in [0, 0.1) is 24.2 Å². The molecule has 0 fully saturated rings. The molecule has 0 bridgehead atoms. The zero-order chi connectivity index (χ0) is 12.0. The summed E-state index contributed by atoms with van der Waals surface area (Å²) < 4.78 is 0. The Labute approximate surface area is 97.7 Å². The van der Waals surface area contributed by atoms with Crippen molar-refractivity contribution < 1.29 is 0 Å². The van der Waals surface area contributed by atoms with E-state index in [9.17, 15) is 0 Å². The van der Waals surface area contributed by atoms with E-state index in [1.165, 1.54) is 0 Å². The van der Waals surface area contributed by atoms with Gasteiger partial charge in [0, 0.05) is 18.8 Å². The van der Waals surface area contributed by atoms with Crippen molar-refractivity contribution in [2.24, 2.45) is 5.92 Å². The Morgan fingerprint density at radius 3 is 2.75 bits per heavy atom. The molecule has 0 atom stereocenters. The molecule has 1 heterocycles. The second kappa shape index (κ2) is 6.12. The Hall–Kier alpha value is -1.56. The summed E-state index contributed by atoms with van der Waals surface area (Å²) in [6.45, 7) is 8.04. The van der Waals surface area contributed by atoms with Crippen LogP contribution in [0.4, 0.5) is 5.82 Å². The Morgan fingerprint density at radius 1 is 1.44 bits per heavy atom. The number of aryl methyl sites for hydroxylation is 1. The van der Waals surface area contributed by atoms with Crippen molar-refractivity contribution in [2.45, 2.75) is 27.2 Å². The largest absolute Gasteiger partial charge is 0.355 e. The van der Waals surface area contributed by atoms with E-state index in [1.807, 2.05) is 25.1 Å². The Morgan fingerprint density at radius 2 is 2.19 bits per heavy atom. The van der Waals surface area contributed by atoms with Crippen LogP contribution in [0.1, 0.15) is 26.0 Å². The normalized spacial score (nSPS) is 10.2. The van der Waals surface area contributed by atoms with Crippen LogP contribution in [0.25, 0.3) is 0 Å². The van der Waals surface area contributed by atoms with Crippen LogP contribution < -0.4 is 4.90 Å². The van der Waals surface area contributed by atoms with Crippen molar-refractivity contribution in [3.63, 3.8) is 0 Å². The molecule has 0 aliphatic carbocycles. The summed E-state index contributed by atoms with van der Waals surface area (Å²) in [7, 11) is 0. The van der Waals surface area contributed by atoms with Gasteiger partial charge in [0.15, 0.2) is 0 Å². The Balaban J connectivity index is 2.79. The van der Waals surface area contributed by atoms with Gasteiger partial charge in [0.25, 0.3) is 0 Å². The third-order valence-electron chi connectivity index (χ3n) is 2.28. The van der Waals surface area contributed by atoms with Crippen LogP contribution in [0.5, 0.6) is 0 Å². The maximum atomic E-state index is 8.65. The fourth-order valence-corrected chi connectivity index (χ4v) is 1.63. The standard InChI is InChI=1S/C13H19N3/c1-11(2)10-16(9-5-8-14)13-7-4-6-12(3)15-13/h4,6-7,11H,5,9-10H2,1-3H3. The molecule has 3 heteroatoms. The Kier molecular flexibility index (Phi) is 4.78. The molecule has 0 N–H and O–H groups in total. The molecule has 16 heavy (non-hydrogen) atoms. The van der Waals surface area contributed by atoms with Gasteiger partial charge in [-0.2, -0.15) is 5.26 Å². The number of pyridine rings is 1. The molecule has 1 aromatic rings. The highest BCUT2D eigenvalue weighted by atomic mass is 15.2. The van der Waals surface area contributed by atoms with Gasteiger partial charge in [0.05, 0.1) is 12.5 Å². The van der Waals surface area contributed by atoms with Crippen molar-refractivity contribution in [1.29, 1.82) is 5.26 Å². The maximum Gasteiger partial charge on any atom is 0.128 e. The molecule has 0 aliphatic heterocycles. The van der Waals surface area contributed by atoms with Crippen molar-refractivity contribution >= 4 is 5.82 Å². The van der Waals surface area contributed by atoms with Gasteiger partial charge >= 0.3 is 0 Å². The maximum absolute atomic E-state index is 8.65. The van der Waals surface area contributed by atoms with Crippen LogP contribution in [-0.4, -0.2) is 18.1 Å². The molecule has 1 aromatic heterocycles. The first kappa shape index (κ1) is 12.5. The van der Waals surface area contributed by atoms with Gasteiger partial charge in [0.2, 0.25) is 0 Å². The molecular weight excluding hydrogens is 198 g/mol. The number of nitrogens with zero attached hydrogens (tertiary/aromatic N) is 3. The minimum absolute atomic E-state index is 0.544. The molecule has 0 amide bonds. The zero-order valence-corrected chi connectivity index (χ0v) is 10.3. The van der Waals surface area contributed by atoms with E-state index in [2.05, 4.69) is 29.8 Å². The number of aromatic nitrogens is 1. The first-order chi connectivity index (χ1) is 7.63. The van der Waals surface area contributed by atoms with Gasteiger partial charge in [-0.3, -0.25) is 0 Å². The summed E-state index contributed by atoms with van der Waals surface area (Å²) in [4.78, 5) is 6.68. The van der Waals surface area contributed by atoms with Gasteiger partial charge in [-0.15, -0.1) is 0 Å². The van der Waals surface area contributed by atoms with Crippen LogP contribution in [0.15, 0.2) is 18.2 Å². The fourth-order valence-electron chi connectivity index (χ4n) is 1.63. The fraction of sp³-hybridized carbons (Fsp3) is 0.538. The topological polar surface area (TPSA) is 39.9 Å². The second-order valence-corrected chi connectivity index (χ2v) is 4.39. The van der Waals surface area contributed by atoms with Gasteiger partial charge in [-0.05, 0) is 25.0 Å². The van der Waals surface area contributed by atoms with Crippen LogP contribution >= 0.6 is 0 Å². The van der Waals surface area contributed by atoms with Crippen LogP contribution in [0.2, 0.25) is 0 Å².